The van der Waals surface area contributed by atoms with Crippen LogP contribution in [0, 0.1) is 0 Å². The Labute approximate surface area is 180 Å². The summed E-state index contributed by atoms with van der Waals surface area (Å²) in [5.74, 6) is 0.621. The van der Waals surface area contributed by atoms with E-state index in [1.807, 2.05) is 38.4 Å². The third kappa shape index (κ3) is 4.31. The second-order valence-corrected chi connectivity index (χ2v) is 8.71. The van der Waals surface area contributed by atoms with Crippen molar-refractivity contribution >= 4 is 32.6 Å². The normalized spacial score (nSPS) is 14.8. The van der Waals surface area contributed by atoms with Gasteiger partial charge in [0.25, 0.3) is 5.91 Å². The highest BCUT2D eigenvalue weighted by Gasteiger charge is 2.46. The van der Waals surface area contributed by atoms with E-state index in [0.29, 0.717) is 17.9 Å². The van der Waals surface area contributed by atoms with Crippen molar-refractivity contribution in [1.82, 2.24) is 10.2 Å². The first-order chi connectivity index (χ1) is 14.0. The molecule has 150 valence electrons. The Hall–Kier alpha value is -2.37. The molecule has 0 atom stereocenters. The molecule has 0 spiro atoms. The molecule has 3 aromatic rings. The lowest BCUT2D eigenvalue weighted by Crippen LogP contribution is -2.35. The molecule has 4 nitrogen and oxygen atoms in total. The molecule has 29 heavy (non-hydrogen) atoms. The van der Waals surface area contributed by atoms with Crippen LogP contribution in [0.25, 0.3) is 10.8 Å². The minimum absolute atomic E-state index is 0.0830. The molecule has 3 aromatic carbocycles. The maximum atomic E-state index is 13.2. The van der Waals surface area contributed by atoms with E-state index in [0.717, 1.165) is 23.9 Å². The summed E-state index contributed by atoms with van der Waals surface area (Å²) >= 11 is 3.52. The molecule has 4 rings (SSSR count). The van der Waals surface area contributed by atoms with Crippen LogP contribution in [-0.2, 0) is 5.54 Å². The average Bonchev–Trinajstić information content (AvgIpc) is 3.49. The molecule has 0 aliphatic heterocycles. The quantitative estimate of drug-likeness (QED) is 0.550. The highest BCUT2D eigenvalue weighted by Crippen LogP contribution is 2.48. The van der Waals surface area contributed by atoms with Gasteiger partial charge >= 0.3 is 0 Å². The van der Waals surface area contributed by atoms with Crippen molar-refractivity contribution in [2.75, 3.05) is 27.2 Å². The van der Waals surface area contributed by atoms with E-state index in [4.69, 9.17) is 4.74 Å². The van der Waals surface area contributed by atoms with Gasteiger partial charge in [-0.25, -0.2) is 0 Å². The van der Waals surface area contributed by atoms with Crippen LogP contribution < -0.4 is 10.1 Å². The molecule has 0 radical (unpaired) electrons. The highest BCUT2D eigenvalue weighted by molar-refractivity contribution is 9.10. The van der Waals surface area contributed by atoms with Crippen molar-refractivity contribution in [2.24, 2.45) is 0 Å². The fraction of sp³-hybridized carbons (Fsp3) is 0.292. The first-order valence-corrected chi connectivity index (χ1v) is 10.7. The number of fused-ring (bicyclic) bond motifs is 1. The smallest absolute Gasteiger partial charge is 0.253 e. The van der Waals surface area contributed by atoms with Crippen molar-refractivity contribution in [2.45, 2.75) is 18.4 Å². The van der Waals surface area contributed by atoms with E-state index in [1.165, 1.54) is 16.3 Å². The van der Waals surface area contributed by atoms with Crippen LogP contribution in [-0.4, -0.2) is 38.1 Å². The lowest BCUT2D eigenvalue weighted by Gasteiger charge is -2.21. The minimum Gasteiger partial charge on any atom is -0.492 e. The van der Waals surface area contributed by atoms with Gasteiger partial charge in [-0.05, 0) is 77.4 Å². The number of amides is 1. The van der Waals surface area contributed by atoms with Gasteiger partial charge in [0.05, 0.1) is 11.1 Å². The molecular weight excluding hydrogens is 428 g/mol. The molecule has 0 bridgehead atoms. The molecule has 1 fully saturated rings. The summed E-state index contributed by atoms with van der Waals surface area (Å²) < 4.78 is 6.58. The zero-order valence-corrected chi connectivity index (χ0v) is 18.3. The molecule has 0 saturated heterocycles. The van der Waals surface area contributed by atoms with Crippen LogP contribution in [0.5, 0.6) is 5.75 Å². The number of hydrogen-bond donors (Lipinski definition) is 1. The number of rotatable bonds is 7. The predicted molar refractivity (Wildman–Crippen MR) is 121 cm³/mol. The Morgan fingerprint density at radius 1 is 1.10 bits per heavy atom. The largest absolute Gasteiger partial charge is 0.492 e. The molecular formula is C24H25BrN2O2. The Kier molecular flexibility index (Phi) is 5.61. The van der Waals surface area contributed by atoms with Crippen LogP contribution >= 0.6 is 15.9 Å². The number of carbonyl (C=O) groups excluding carboxylic acids is 1. The molecule has 1 N–H and O–H groups in total. The molecule has 0 heterocycles. The van der Waals surface area contributed by atoms with E-state index in [2.05, 4.69) is 62.5 Å². The summed E-state index contributed by atoms with van der Waals surface area (Å²) in [6, 6.07) is 20.2. The van der Waals surface area contributed by atoms with Crippen molar-refractivity contribution in [3.63, 3.8) is 0 Å². The highest BCUT2D eigenvalue weighted by atomic mass is 79.9. The van der Waals surface area contributed by atoms with E-state index in [9.17, 15) is 4.79 Å². The van der Waals surface area contributed by atoms with Crippen molar-refractivity contribution in [3.05, 3.63) is 76.3 Å². The first kappa shape index (κ1) is 19.9. The summed E-state index contributed by atoms with van der Waals surface area (Å²) in [7, 11) is 4.01. The van der Waals surface area contributed by atoms with Gasteiger partial charge in [0.1, 0.15) is 12.4 Å². The van der Waals surface area contributed by atoms with Crippen molar-refractivity contribution in [1.29, 1.82) is 0 Å². The van der Waals surface area contributed by atoms with E-state index >= 15 is 0 Å². The Balaban J connectivity index is 1.56. The molecule has 5 heteroatoms. The fourth-order valence-corrected chi connectivity index (χ4v) is 4.05. The molecule has 1 amide bonds. The van der Waals surface area contributed by atoms with E-state index < -0.39 is 0 Å². The van der Waals surface area contributed by atoms with Gasteiger partial charge in [0.15, 0.2) is 0 Å². The molecule has 1 aliphatic carbocycles. The monoisotopic (exact) mass is 452 g/mol. The van der Waals surface area contributed by atoms with Gasteiger partial charge in [0.2, 0.25) is 0 Å². The van der Waals surface area contributed by atoms with E-state index in [-0.39, 0.29) is 11.4 Å². The van der Waals surface area contributed by atoms with Gasteiger partial charge in [-0.15, -0.1) is 0 Å². The predicted octanol–water partition coefficient (Wildman–Crippen LogP) is 4.96. The number of hydrogen-bond acceptors (Lipinski definition) is 3. The second-order valence-electron chi connectivity index (χ2n) is 7.86. The number of benzene rings is 3. The second kappa shape index (κ2) is 8.17. The lowest BCUT2D eigenvalue weighted by molar-refractivity contribution is 0.0930. The standard InChI is InChI=1S/C24H25BrN2O2/c1-27(2)14-15-29-18-10-11-22(25)20(16-18)23(28)26-24(12-13-24)21-9-5-7-17-6-3-4-8-19(17)21/h3-11,16H,12-15H2,1-2H3,(H,26,28). The fourth-order valence-electron chi connectivity index (χ4n) is 3.63. The average molecular weight is 453 g/mol. The number of halogens is 1. The van der Waals surface area contributed by atoms with Crippen LogP contribution in [0.1, 0.15) is 28.8 Å². The van der Waals surface area contributed by atoms with Gasteiger partial charge < -0.3 is 15.0 Å². The van der Waals surface area contributed by atoms with Gasteiger partial charge in [-0.1, -0.05) is 42.5 Å². The van der Waals surface area contributed by atoms with Gasteiger partial charge in [0, 0.05) is 11.0 Å². The number of carbonyl (C=O) groups is 1. The number of nitrogens with one attached hydrogen (secondary N) is 1. The van der Waals surface area contributed by atoms with Gasteiger partial charge in [-0.2, -0.15) is 0 Å². The number of likely N-dealkylation sites (N-methyl/N-ethyl adjacent to an activating group) is 1. The summed E-state index contributed by atoms with van der Waals surface area (Å²) in [6.45, 7) is 1.40. The topological polar surface area (TPSA) is 41.6 Å². The van der Waals surface area contributed by atoms with Crippen LogP contribution in [0.4, 0.5) is 0 Å². The summed E-state index contributed by atoms with van der Waals surface area (Å²) in [5.41, 5.74) is 1.50. The Morgan fingerprint density at radius 2 is 1.86 bits per heavy atom. The summed E-state index contributed by atoms with van der Waals surface area (Å²) in [5, 5.41) is 5.70. The summed E-state index contributed by atoms with van der Waals surface area (Å²) in [6.07, 6.45) is 1.90. The molecule has 1 saturated carbocycles. The van der Waals surface area contributed by atoms with Crippen LogP contribution in [0.2, 0.25) is 0 Å². The first-order valence-electron chi connectivity index (χ1n) is 9.86. The number of nitrogens with zero attached hydrogens (tertiary/aromatic N) is 1. The van der Waals surface area contributed by atoms with Crippen molar-refractivity contribution in [3.8, 4) is 5.75 Å². The Morgan fingerprint density at radius 3 is 2.62 bits per heavy atom. The zero-order chi connectivity index (χ0) is 20.4. The Bertz CT molecular complexity index is 1040. The summed E-state index contributed by atoms with van der Waals surface area (Å²) in [4.78, 5) is 15.2. The SMILES string of the molecule is CN(C)CCOc1ccc(Br)c(C(=O)NC2(c3cccc4ccccc34)CC2)c1. The maximum Gasteiger partial charge on any atom is 0.253 e. The van der Waals surface area contributed by atoms with Crippen LogP contribution in [0.15, 0.2) is 65.1 Å². The maximum absolute atomic E-state index is 13.2. The third-order valence-corrected chi connectivity index (χ3v) is 6.09. The minimum atomic E-state index is -0.292. The molecule has 1 aliphatic rings. The zero-order valence-electron chi connectivity index (χ0n) is 16.7. The molecule has 0 unspecified atom stereocenters. The van der Waals surface area contributed by atoms with Gasteiger partial charge in [-0.3, -0.25) is 4.79 Å². The molecule has 0 aromatic heterocycles. The van der Waals surface area contributed by atoms with E-state index in [1.54, 1.807) is 0 Å². The number of ether oxygens (including phenoxy) is 1. The lowest BCUT2D eigenvalue weighted by atomic mass is 9.96. The van der Waals surface area contributed by atoms with Crippen molar-refractivity contribution < 1.29 is 9.53 Å². The third-order valence-electron chi connectivity index (χ3n) is 5.40. The van der Waals surface area contributed by atoms with Crippen LogP contribution in [0.3, 0.4) is 0 Å².